The fraction of sp³-hybridized carbons (Fsp3) is 0.500. The molecule has 1 N–H and O–H groups in total. The summed E-state index contributed by atoms with van der Waals surface area (Å²) in [6.45, 7) is 5.09. The molecule has 2 unspecified atom stereocenters. The zero-order valence-corrected chi connectivity index (χ0v) is 16.6. The monoisotopic (exact) mass is 396 g/mol. The maximum absolute atomic E-state index is 11.9. The molecule has 1 aromatic heterocycles. The number of hydrogen-bond donors (Lipinski definition) is 1. The second kappa shape index (κ2) is 8.47. The number of benzene rings is 1. The van der Waals surface area contributed by atoms with E-state index in [-0.39, 0.29) is 17.7 Å². The van der Waals surface area contributed by atoms with Crippen LogP contribution in [0.3, 0.4) is 0 Å². The van der Waals surface area contributed by atoms with Crippen LogP contribution < -0.4 is 9.46 Å². The average molecular weight is 397 g/mol. The maximum Gasteiger partial charge on any atom is 0.211 e. The summed E-state index contributed by atoms with van der Waals surface area (Å²) in [4.78, 5) is 4.48. The Kier molecular flexibility index (Phi) is 6.29. The Morgan fingerprint density at radius 3 is 2.77 bits per heavy atom. The van der Waals surface area contributed by atoms with E-state index in [1.165, 1.54) is 0 Å². The van der Waals surface area contributed by atoms with Crippen LogP contribution >= 0.6 is 11.3 Å². The summed E-state index contributed by atoms with van der Waals surface area (Å²) >= 11 is 1.63. The fourth-order valence-electron chi connectivity index (χ4n) is 2.85. The summed E-state index contributed by atoms with van der Waals surface area (Å²) in [6, 6.07) is 7.65. The molecule has 2 aromatic rings. The minimum atomic E-state index is -3.24. The lowest BCUT2D eigenvalue weighted by Crippen LogP contribution is -2.47. The maximum atomic E-state index is 11.9. The van der Waals surface area contributed by atoms with E-state index < -0.39 is 10.0 Å². The topological polar surface area (TPSA) is 77.5 Å². The van der Waals surface area contributed by atoms with Crippen LogP contribution in [0.25, 0.3) is 11.3 Å². The molecule has 6 nitrogen and oxygen atoms in total. The van der Waals surface area contributed by atoms with E-state index in [1.807, 2.05) is 36.6 Å². The van der Waals surface area contributed by atoms with Gasteiger partial charge in [-0.25, -0.2) is 18.1 Å². The average Bonchev–Trinajstić information content (AvgIpc) is 3.07. The van der Waals surface area contributed by atoms with Gasteiger partial charge in [-0.05, 0) is 44.5 Å². The molecule has 0 spiro atoms. The minimum Gasteiger partial charge on any atom is -0.493 e. The van der Waals surface area contributed by atoms with Crippen LogP contribution in [-0.4, -0.2) is 45.0 Å². The van der Waals surface area contributed by atoms with Crippen molar-refractivity contribution in [2.24, 2.45) is 5.92 Å². The van der Waals surface area contributed by atoms with Crippen molar-refractivity contribution in [1.82, 2.24) is 9.71 Å². The van der Waals surface area contributed by atoms with Crippen molar-refractivity contribution < 1.29 is 17.9 Å². The summed E-state index contributed by atoms with van der Waals surface area (Å²) in [6.07, 6.45) is 0.662. The third kappa shape index (κ3) is 5.03. The standard InChI is InChI=1S/C18H24N2O4S2/c1-3-26(21,22)20-17-8-9-23-10-15(17)11-24-16-6-4-14(5-7-16)18-12-25-13(2)19-18/h4-7,12,15,17,20H,3,8-11H2,1-2H3. The van der Waals surface area contributed by atoms with Gasteiger partial charge in [-0.1, -0.05) is 0 Å². The van der Waals surface area contributed by atoms with Gasteiger partial charge < -0.3 is 9.47 Å². The van der Waals surface area contributed by atoms with Crippen molar-refractivity contribution in [2.45, 2.75) is 26.3 Å². The summed E-state index contributed by atoms with van der Waals surface area (Å²) < 4.78 is 37.9. The van der Waals surface area contributed by atoms with Crippen LogP contribution in [-0.2, 0) is 14.8 Å². The smallest absolute Gasteiger partial charge is 0.211 e. The largest absolute Gasteiger partial charge is 0.493 e. The lowest BCUT2D eigenvalue weighted by atomic mass is 9.98. The highest BCUT2D eigenvalue weighted by Gasteiger charge is 2.29. The fourth-order valence-corrected chi connectivity index (χ4v) is 4.41. The molecule has 2 atom stereocenters. The van der Waals surface area contributed by atoms with Gasteiger partial charge in [0.1, 0.15) is 5.75 Å². The van der Waals surface area contributed by atoms with Gasteiger partial charge in [0.25, 0.3) is 0 Å². The molecule has 3 rings (SSSR count). The van der Waals surface area contributed by atoms with Crippen molar-refractivity contribution in [3.63, 3.8) is 0 Å². The Hall–Kier alpha value is -1.48. The number of rotatable bonds is 7. The van der Waals surface area contributed by atoms with Gasteiger partial charge in [0, 0.05) is 29.5 Å². The van der Waals surface area contributed by atoms with Crippen LogP contribution in [0.5, 0.6) is 5.75 Å². The number of ether oxygens (including phenoxy) is 2. The second-order valence-electron chi connectivity index (χ2n) is 6.34. The van der Waals surface area contributed by atoms with Crippen LogP contribution in [0.15, 0.2) is 29.6 Å². The van der Waals surface area contributed by atoms with Crippen LogP contribution in [0, 0.1) is 12.8 Å². The van der Waals surface area contributed by atoms with E-state index in [9.17, 15) is 8.42 Å². The first kappa shape index (κ1) is 19.3. The molecule has 8 heteroatoms. The number of nitrogens with zero attached hydrogens (tertiary/aromatic N) is 1. The molecule has 1 saturated heterocycles. The first-order valence-corrected chi connectivity index (χ1v) is 11.2. The third-order valence-electron chi connectivity index (χ3n) is 4.42. The summed E-state index contributed by atoms with van der Waals surface area (Å²) in [7, 11) is -3.24. The van der Waals surface area contributed by atoms with E-state index in [4.69, 9.17) is 9.47 Å². The van der Waals surface area contributed by atoms with Gasteiger partial charge in [-0.2, -0.15) is 0 Å². The summed E-state index contributed by atoms with van der Waals surface area (Å²) in [5.74, 6) is 0.824. The van der Waals surface area contributed by atoms with Crippen molar-refractivity contribution >= 4 is 21.4 Å². The van der Waals surface area contributed by atoms with Gasteiger partial charge in [-0.15, -0.1) is 11.3 Å². The van der Waals surface area contributed by atoms with Crippen LogP contribution in [0.4, 0.5) is 0 Å². The zero-order chi connectivity index (χ0) is 18.6. The molecular formula is C18H24N2O4S2. The number of thiazole rings is 1. The molecule has 1 aliphatic rings. The molecule has 1 aromatic carbocycles. The number of sulfonamides is 1. The quantitative estimate of drug-likeness (QED) is 0.779. The zero-order valence-electron chi connectivity index (χ0n) is 15.0. The second-order valence-corrected chi connectivity index (χ2v) is 9.44. The van der Waals surface area contributed by atoms with E-state index >= 15 is 0 Å². The predicted molar refractivity (Wildman–Crippen MR) is 103 cm³/mol. The Morgan fingerprint density at radius 2 is 2.12 bits per heavy atom. The highest BCUT2D eigenvalue weighted by Crippen LogP contribution is 2.25. The Morgan fingerprint density at radius 1 is 1.35 bits per heavy atom. The molecule has 1 fully saturated rings. The Bertz CT molecular complexity index is 818. The van der Waals surface area contributed by atoms with E-state index in [0.717, 1.165) is 22.0 Å². The summed E-state index contributed by atoms with van der Waals surface area (Å²) in [5.41, 5.74) is 2.02. The van der Waals surface area contributed by atoms with Gasteiger partial charge in [0.2, 0.25) is 10.0 Å². The minimum absolute atomic E-state index is 0.00839. The molecule has 2 heterocycles. The van der Waals surface area contributed by atoms with E-state index in [0.29, 0.717) is 26.2 Å². The highest BCUT2D eigenvalue weighted by atomic mass is 32.2. The molecule has 0 saturated carbocycles. The van der Waals surface area contributed by atoms with Crippen molar-refractivity contribution in [3.05, 3.63) is 34.7 Å². The normalized spacial score (nSPS) is 20.8. The highest BCUT2D eigenvalue weighted by molar-refractivity contribution is 7.89. The molecule has 0 radical (unpaired) electrons. The lowest BCUT2D eigenvalue weighted by molar-refractivity contribution is 0.0186. The molecule has 0 aliphatic carbocycles. The molecule has 1 aliphatic heterocycles. The third-order valence-corrected chi connectivity index (χ3v) is 6.61. The van der Waals surface area contributed by atoms with Gasteiger partial charge in [-0.3, -0.25) is 0 Å². The van der Waals surface area contributed by atoms with Crippen LogP contribution in [0.2, 0.25) is 0 Å². The van der Waals surface area contributed by atoms with Gasteiger partial charge in [0.15, 0.2) is 0 Å². The number of aromatic nitrogens is 1. The predicted octanol–water partition coefficient (Wildman–Crippen LogP) is 2.84. The Labute approximate surface area is 158 Å². The van der Waals surface area contributed by atoms with Crippen LogP contribution in [0.1, 0.15) is 18.4 Å². The Balaban J connectivity index is 1.60. The first-order chi connectivity index (χ1) is 12.5. The number of aryl methyl sites for hydroxylation is 1. The van der Waals surface area contributed by atoms with Crippen molar-refractivity contribution in [1.29, 1.82) is 0 Å². The molecular weight excluding hydrogens is 372 g/mol. The van der Waals surface area contributed by atoms with E-state index in [1.54, 1.807) is 18.3 Å². The van der Waals surface area contributed by atoms with Crippen molar-refractivity contribution in [3.8, 4) is 17.0 Å². The molecule has 0 bridgehead atoms. The van der Waals surface area contributed by atoms with Gasteiger partial charge >= 0.3 is 0 Å². The van der Waals surface area contributed by atoms with Gasteiger partial charge in [0.05, 0.1) is 29.7 Å². The molecule has 26 heavy (non-hydrogen) atoms. The first-order valence-electron chi connectivity index (χ1n) is 8.70. The number of hydrogen-bond acceptors (Lipinski definition) is 6. The van der Waals surface area contributed by atoms with E-state index in [2.05, 4.69) is 9.71 Å². The molecule has 0 amide bonds. The van der Waals surface area contributed by atoms with Crippen molar-refractivity contribution in [2.75, 3.05) is 25.6 Å². The number of nitrogens with one attached hydrogen (secondary N) is 1. The summed E-state index contributed by atoms with van der Waals surface area (Å²) in [5, 5.41) is 3.08. The molecule has 142 valence electrons. The lowest BCUT2D eigenvalue weighted by Gasteiger charge is -2.31. The SMILES string of the molecule is CCS(=O)(=O)NC1CCOCC1COc1ccc(-c2csc(C)n2)cc1.